The molecule has 1 aromatic heterocycles. The van der Waals surface area contributed by atoms with Gasteiger partial charge in [-0.05, 0) is 18.6 Å². The second-order valence-electron chi connectivity index (χ2n) is 4.51. The van der Waals surface area contributed by atoms with Crippen molar-refractivity contribution >= 4 is 5.91 Å². The van der Waals surface area contributed by atoms with E-state index in [0.717, 1.165) is 18.7 Å². The molecule has 1 aromatic rings. The molecule has 98 valence electrons. The summed E-state index contributed by atoms with van der Waals surface area (Å²) in [6.45, 7) is 4.11. The molecule has 1 saturated heterocycles. The lowest BCUT2D eigenvalue weighted by atomic mass is 10.1. The van der Waals surface area contributed by atoms with Crippen LogP contribution >= 0.6 is 0 Å². The number of amides is 1. The predicted octanol–water partition coefficient (Wildman–Crippen LogP) is 0.637. The second kappa shape index (κ2) is 6.47. The van der Waals surface area contributed by atoms with E-state index in [2.05, 4.69) is 15.6 Å². The normalized spacial score (nSPS) is 21.3. The van der Waals surface area contributed by atoms with Gasteiger partial charge in [-0.1, -0.05) is 6.07 Å². The number of carbonyl (C=O) groups excluding carboxylic acids is 1. The topological polar surface area (TPSA) is 63.2 Å². The summed E-state index contributed by atoms with van der Waals surface area (Å²) in [6.07, 6.45) is 3.94. The third-order valence-corrected chi connectivity index (χ3v) is 2.99. The Morgan fingerprint density at radius 3 is 3.28 bits per heavy atom. The average molecular weight is 249 g/mol. The highest BCUT2D eigenvalue weighted by Gasteiger charge is 2.18. The number of aromatic nitrogens is 1. The molecule has 5 heteroatoms. The quantitative estimate of drug-likeness (QED) is 0.822. The molecule has 5 nitrogen and oxygen atoms in total. The Balaban J connectivity index is 1.80. The summed E-state index contributed by atoms with van der Waals surface area (Å²) >= 11 is 0. The molecule has 1 amide bonds. The van der Waals surface area contributed by atoms with E-state index in [1.54, 1.807) is 12.4 Å². The fourth-order valence-electron chi connectivity index (χ4n) is 1.99. The fourth-order valence-corrected chi connectivity index (χ4v) is 1.99. The molecule has 0 spiro atoms. The van der Waals surface area contributed by atoms with Crippen LogP contribution in [-0.2, 0) is 9.53 Å². The van der Waals surface area contributed by atoms with Crippen molar-refractivity contribution in [1.29, 1.82) is 0 Å². The number of hydrogen-bond acceptors (Lipinski definition) is 4. The lowest BCUT2D eigenvalue weighted by molar-refractivity contribution is -0.122. The van der Waals surface area contributed by atoms with E-state index in [4.69, 9.17) is 4.74 Å². The Hall–Kier alpha value is -1.46. The van der Waals surface area contributed by atoms with Crippen molar-refractivity contribution in [2.24, 2.45) is 0 Å². The minimum absolute atomic E-state index is 0.0179. The van der Waals surface area contributed by atoms with Crippen molar-refractivity contribution in [1.82, 2.24) is 15.6 Å². The third kappa shape index (κ3) is 3.78. The summed E-state index contributed by atoms with van der Waals surface area (Å²) in [4.78, 5) is 15.9. The summed E-state index contributed by atoms with van der Waals surface area (Å²) in [6, 6.07) is 3.93. The molecule has 0 radical (unpaired) electrons. The van der Waals surface area contributed by atoms with Gasteiger partial charge in [-0.25, -0.2) is 0 Å². The van der Waals surface area contributed by atoms with Crippen LogP contribution in [-0.4, -0.2) is 36.7 Å². The Morgan fingerprint density at radius 2 is 2.61 bits per heavy atom. The van der Waals surface area contributed by atoms with E-state index >= 15 is 0 Å². The highest BCUT2D eigenvalue weighted by Crippen LogP contribution is 2.10. The largest absolute Gasteiger partial charge is 0.378 e. The first-order chi connectivity index (χ1) is 8.75. The van der Waals surface area contributed by atoms with Gasteiger partial charge in [0.05, 0.1) is 19.3 Å². The van der Waals surface area contributed by atoms with Crippen molar-refractivity contribution < 1.29 is 9.53 Å². The summed E-state index contributed by atoms with van der Waals surface area (Å²) in [5.74, 6) is 0.0364. The summed E-state index contributed by atoms with van der Waals surface area (Å²) in [7, 11) is 0. The fraction of sp³-hybridized carbons (Fsp3) is 0.538. The molecule has 1 aliphatic heterocycles. The van der Waals surface area contributed by atoms with Gasteiger partial charge in [0, 0.05) is 31.4 Å². The summed E-state index contributed by atoms with van der Waals surface area (Å²) in [5, 5.41) is 6.23. The van der Waals surface area contributed by atoms with Crippen molar-refractivity contribution in [3.63, 3.8) is 0 Å². The molecule has 0 bridgehead atoms. The Bertz CT molecular complexity index is 377. The SMILES string of the molecule is C[C@H](NC(=O)CC1COCCN1)c1cccnc1. The van der Waals surface area contributed by atoms with Gasteiger partial charge in [0.25, 0.3) is 0 Å². The molecule has 1 fully saturated rings. The highest BCUT2D eigenvalue weighted by atomic mass is 16.5. The number of hydrogen-bond donors (Lipinski definition) is 2. The first-order valence-corrected chi connectivity index (χ1v) is 6.26. The highest BCUT2D eigenvalue weighted by molar-refractivity contribution is 5.77. The number of rotatable bonds is 4. The van der Waals surface area contributed by atoms with Crippen molar-refractivity contribution in [2.75, 3.05) is 19.8 Å². The van der Waals surface area contributed by atoms with Crippen LogP contribution in [0.25, 0.3) is 0 Å². The Kier molecular flexibility index (Phi) is 4.66. The van der Waals surface area contributed by atoms with E-state index < -0.39 is 0 Å². The predicted molar refractivity (Wildman–Crippen MR) is 68.0 cm³/mol. The lowest BCUT2D eigenvalue weighted by Crippen LogP contribution is -2.44. The van der Waals surface area contributed by atoms with Crippen LogP contribution < -0.4 is 10.6 Å². The molecular weight excluding hydrogens is 230 g/mol. The minimum Gasteiger partial charge on any atom is -0.378 e. The molecule has 1 unspecified atom stereocenters. The van der Waals surface area contributed by atoms with Gasteiger partial charge < -0.3 is 15.4 Å². The van der Waals surface area contributed by atoms with Crippen LogP contribution in [0.15, 0.2) is 24.5 Å². The van der Waals surface area contributed by atoms with Gasteiger partial charge in [0.15, 0.2) is 0 Å². The molecule has 18 heavy (non-hydrogen) atoms. The van der Waals surface area contributed by atoms with Gasteiger partial charge in [-0.3, -0.25) is 9.78 Å². The second-order valence-corrected chi connectivity index (χ2v) is 4.51. The van der Waals surface area contributed by atoms with Crippen molar-refractivity contribution in [2.45, 2.75) is 25.4 Å². The molecule has 0 aliphatic carbocycles. The minimum atomic E-state index is -0.0179. The third-order valence-electron chi connectivity index (χ3n) is 2.99. The standard InChI is InChI=1S/C13H19N3O2/c1-10(11-3-2-4-14-8-11)16-13(17)7-12-9-18-6-5-15-12/h2-4,8,10,12,15H,5-7,9H2,1H3,(H,16,17)/t10-,12?/m0/s1. The van der Waals surface area contributed by atoms with E-state index in [1.165, 1.54) is 0 Å². The zero-order chi connectivity index (χ0) is 12.8. The number of pyridine rings is 1. The van der Waals surface area contributed by atoms with Crippen LogP contribution in [0.5, 0.6) is 0 Å². The van der Waals surface area contributed by atoms with Gasteiger partial charge in [0.2, 0.25) is 5.91 Å². The molecule has 1 aliphatic rings. The number of nitrogens with one attached hydrogen (secondary N) is 2. The molecule has 2 atom stereocenters. The Labute approximate surface area is 107 Å². The van der Waals surface area contributed by atoms with Gasteiger partial charge in [0.1, 0.15) is 0 Å². The van der Waals surface area contributed by atoms with Crippen LogP contribution in [0.3, 0.4) is 0 Å². The Morgan fingerprint density at radius 1 is 1.72 bits per heavy atom. The molecular formula is C13H19N3O2. The van der Waals surface area contributed by atoms with Gasteiger partial charge in [-0.15, -0.1) is 0 Å². The maximum Gasteiger partial charge on any atom is 0.222 e. The number of nitrogens with zero attached hydrogens (tertiary/aromatic N) is 1. The smallest absolute Gasteiger partial charge is 0.222 e. The zero-order valence-corrected chi connectivity index (χ0v) is 10.6. The van der Waals surface area contributed by atoms with Crippen LogP contribution in [0, 0.1) is 0 Å². The molecule has 2 N–H and O–H groups in total. The van der Waals surface area contributed by atoms with Crippen LogP contribution in [0.2, 0.25) is 0 Å². The maximum atomic E-state index is 11.9. The molecule has 0 saturated carbocycles. The van der Waals surface area contributed by atoms with Crippen molar-refractivity contribution in [3.8, 4) is 0 Å². The lowest BCUT2D eigenvalue weighted by Gasteiger charge is -2.24. The van der Waals surface area contributed by atoms with E-state index in [1.807, 2.05) is 19.1 Å². The van der Waals surface area contributed by atoms with Gasteiger partial charge in [-0.2, -0.15) is 0 Å². The van der Waals surface area contributed by atoms with E-state index in [-0.39, 0.29) is 18.0 Å². The molecule has 2 heterocycles. The van der Waals surface area contributed by atoms with E-state index in [9.17, 15) is 4.79 Å². The summed E-state index contributed by atoms with van der Waals surface area (Å²) < 4.78 is 5.32. The average Bonchev–Trinajstić information content (AvgIpc) is 2.40. The van der Waals surface area contributed by atoms with Gasteiger partial charge >= 0.3 is 0 Å². The number of morpholine rings is 1. The molecule has 0 aromatic carbocycles. The maximum absolute atomic E-state index is 11.9. The summed E-state index contributed by atoms with van der Waals surface area (Å²) in [5.41, 5.74) is 1.01. The zero-order valence-electron chi connectivity index (χ0n) is 10.6. The van der Waals surface area contributed by atoms with E-state index in [0.29, 0.717) is 13.0 Å². The monoisotopic (exact) mass is 249 g/mol. The van der Waals surface area contributed by atoms with Crippen LogP contribution in [0.4, 0.5) is 0 Å². The number of ether oxygens (including phenoxy) is 1. The molecule has 2 rings (SSSR count). The first kappa shape index (κ1) is 13.0. The van der Waals surface area contributed by atoms with Crippen molar-refractivity contribution in [3.05, 3.63) is 30.1 Å². The first-order valence-electron chi connectivity index (χ1n) is 6.26. The number of carbonyl (C=O) groups is 1. The van der Waals surface area contributed by atoms with Crippen LogP contribution in [0.1, 0.15) is 24.9 Å².